The predicted molar refractivity (Wildman–Crippen MR) is 106 cm³/mol. The van der Waals surface area contributed by atoms with Gasteiger partial charge in [-0.1, -0.05) is 13.8 Å². The Kier molecular flexibility index (Phi) is 9.70. The maximum absolute atomic E-state index is 12.7. The summed E-state index contributed by atoms with van der Waals surface area (Å²) in [6.07, 6.45) is -0.195. The number of nitrogens with one attached hydrogen (secondary N) is 2. The Morgan fingerprint density at radius 2 is 2.03 bits per heavy atom. The molecule has 3 atom stereocenters. The highest BCUT2D eigenvalue weighted by molar-refractivity contribution is 7.48. The van der Waals surface area contributed by atoms with Crippen molar-refractivity contribution in [3.63, 3.8) is 0 Å². The van der Waals surface area contributed by atoms with Gasteiger partial charge in [-0.2, -0.15) is 0 Å². The molecule has 12 nitrogen and oxygen atoms in total. The second-order valence-electron chi connectivity index (χ2n) is 7.98. The quantitative estimate of drug-likeness (QED) is 0.288. The molecule has 2 heterocycles. The van der Waals surface area contributed by atoms with Crippen molar-refractivity contribution in [2.45, 2.75) is 39.2 Å². The van der Waals surface area contributed by atoms with Crippen molar-refractivity contribution in [1.29, 1.82) is 0 Å². The number of rotatable bonds is 9. The molecular weight excluding hydrogens is 435 g/mol. The van der Waals surface area contributed by atoms with Crippen molar-refractivity contribution in [3.8, 4) is 0 Å². The lowest BCUT2D eigenvalue weighted by Crippen LogP contribution is -2.50. The Bertz CT molecular complexity index is 680. The first-order valence-electron chi connectivity index (χ1n) is 10.1. The molecule has 2 aliphatic rings. The maximum atomic E-state index is 12.7. The molecule has 31 heavy (non-hydrogen) atoms. The van der Waals surface area contributed by atoms with Gasteiger partial charge < -0.3 is 24.8 Å². The van der Waals surface area contributed by atoms with Crippen molar-refractivity contribution in [2.24, 2.45) is 11.3 Å². The van der Waals surface area contributed by atoms with E-state index in [1.807, 2.05) is 0 Å². The van der Waals surface area contributed by atoms with Gasteiger partial charge in [-0.15, -0.1) is 0 Å². The molecule has 2 unspecified atom stereocenters. The zero-order valence-corrected chi connectivity index (χ0v) is 18.9. The number of hydrogen-bond acceptors (Lipinski definition) is 11. The molecule has 0 saturated carbocycles. The lowest BCUT2D eigenvalue weighted by molar-refractivity contribution is -0.144. The largest absolute Gasteiger partial charge is 0.510 e. The van der Waals surface area contributed by atoms with Gasteiger partial charge in [-0.3, -0.25) is 18.6 Å². The Balaban J connectivity index is 1.77. The molecule has 2 N–H and O–H groups in total. The number of hydrogen-bond donors (Lipinski definition) is 2. The van der Waals surface area contributed by atoms with Crippen molar-refractivity contribution in [2.75, 3.05) is 46.8 Å². The highest BCUT2D eigenvalue weighted by atomic mass is 31.2. The standard InChI is InChI=1S/C18H31N2O10P/c1-18(2)11-28-31(24,30-15(18)16(22)20-8-6-14(21)25-3)29-12-27-17(23)26-10-13-5-4-7-19-9-13/h13,15,19H,4-12H2,1-3H3,(H,20,22)/t13?,15-,31?/m0/s1. The fourth-order valence-corrected chi connectivity index (χ4v) is 4.52. The predicted octanol–water partition coefficient (Wildman–Crippen LogP) is 1.34. The summed E-state index contributed by atoms with van der Waals surface area (Å²) in [6, 6.07) is 0. The van der Waals surface area contributed by atoms with Crippen LogP contribution in [0.2, 0.25) is 0 Å². The van der Waals surface area contributed by atoms with Gasteiger partial charge in [0.1, 0.15) is 0 Å². The van der Waals surface area contributed by atoms with Gasteiger partial charge in [-0.05, 0) is 19.4 Å². The molecular formula is C18H31N2O10P. The fraction of sp³-hybridized carbons (Fsp3) is 0.833. The van der Waals surface area contributed by atoms with Gasteiger partial charge in [-0.25, -0.2) is 13.9 Å². The molecule has 2 aliphatic heterocycles. The maximum Gasteiger partial charge on any atom is 0.510 e. The molecule has 2 rings (SSSR count). The Morgan fingerprint density at radius 1 is 1.26 bits per heavy atom. The molecule has 0 aliphatic carbocycles. The van der Waals surface area contributed by atoms with E-state index in [1.165, 1.54) is 7.11 Å². The molecule has 0 radical (unpaired) electrons. The molecule has 0 spiro atoms. The van der Waals surface area contributed by atoms with Gasteiger partial charge in [0, 0.05) is 24.4 Å². The molecule has 0 bridgehead atoms. The van der Waals surface area contributed by atoms with Crippen LogP contribution in [0.4, 0.5) is 4.79 Å². The molecule has 0 aromatic carbocycles. The number of piperidine rings is 1. The highest BCUT2D eigenvalue weighted by Gasteiger charge is 2.49. The minimum absolute atomic E-state index is 0.0209. The van der Waals surface area contributed by atoms with Crippen LogP contribution in [0.5, 0.6) is 0 Å². The SMILES string of the molecule is COC(=O)CCNC(=O)[C@@H]1OP(=O)(OCOC(=O)OCC2CCCNC2)OCC1(C)C. The average Bonchev–Trinajstić information content (AvgIpc) is 2.74. The third-order valence-electron chi connectivity index (χ3n) is 4.86. The van der Waals surface area contributed by atoms with E-state index >= 15 is 0 Å². The second kappa shape index (κ2) is 11.8. The number of methoxy groups -OCH3 is 1. The fourth-order valence-electron chi connectivity index (χ4n) is 3.01. The van der Waals surface area contributed by atoms with E-state index in [9.17, 15) is 18.9 Å². The third kappa shape index (κ3) is 8.38. The lowest BCUT2D eigenvalue weighted by Gasteiger charge is -2.39. The van der Waals surface area contributed by atoms with Crippen LogP contribution in [0.1, 0.15) is 33.1 Å². The second-order valence-corrected chi connectivity index (χ2v) is 9.60. The molecule has 2 saturated heterocycles. The van der Waals surface area contributed by atoms with Gasteiger partial charge in [0.2, 0.25) is 12.7 Å². The van der Waals surface area contributed by atoms with Crippen LogP contribution >= 0.6 is 7.82 Å². The normalized spacial score (nSPS) is 27.7. The molecule has 1 amide bonds. The van der Waals surface area contributed by atoms with Gasteiger partial charge >= 0.3 is 19.9 Å². The van der Waals surface area contributed by atoms with Gasteiger partial charge in [0.05, 0.1) is 26.7 Å². The van der Waals surface area contributed by atoms with E-state index in [2.05, 4.69) is 15.4 Å². The molecule has 2 fully saturated rings. The summed E-state index contributed by atoms with van der Waals surface area (Å²) in [7, 11) is -2.91. The van der Waals surface area contributed by atoms with Crippen molar-refractivity contribution >= 4 is 25.9 Å². The monoisotopic (exact) mass is 466 g/mol. The first kappa shape index (κ1) is 25.5. The van der Waals surface area contributed by atoms with Crippen LogP contribution in [0.3, 0.4) is 0 Å². The summed E-state index contributed by atoms with van der Waals surface area (Å²) in [5.74, 6) is -0.848. The zero-order valence-electron chi connectivity index (χ0n) is 18.0. The topological polar surface area (TPSA) is 148 Å². The van der Waals surface area contributed by atoms with E-state index in [-0.39, 0.29) is 32.1 Å². The summed E-state index contributed by atoms with van der Waals surface area (Å²) < 4.78 is 42.5. The molecule has 0 aromatic rings. The number of esters is 1. The van der Waals surface area contributed by atoms with Crippen LogP contribution in [0.15, 0.2) is 0 Å². The summed E-state index contributed by atoms with van der Waals surface area (Å²) in [4.78, 5) is 35.3. The third-order valence-corrected chi connectivity index (χ3v) is 6.19. The van der Waals surface area contributed by atoms with E-state index in [0.29, 0.717) is 0 Å². The van der Waals surface area contributed by atoms with Gasteiger partial charge in [0.25, 0.3) is 0 Å². The van der Waals surface area contributed by atoms with E-state index < -0.39 is 44.2 Å². The van der Waals surface area contributed by atoms with Crippen molar-refractivity contribution in [1.82, 2.24) is 10.6 Å². The number of phosphoric acid groups is 1. The lowest BCUT2D eigenvalue weighted by atomic mass is 9.87. The van der Waals surface area contributed by atoms with Gasteiger partial charge in [0.15, 0.2) is 6.10 Å². The summed E-state index contributed by atoms with van der Waals surface area (Å²) in [5, 5.41) is 5.73. The van der Waals surface area contributed by atoms with Crippen LogP contribution in [0, 0.1) is 11.3 Å². The van der Waals surface area contributed by atoms with Crippen molar-refractivity contribution in [3.05, 3.63) is 0 Å². The smallest absolute Gasteiger partial charge is 0.469 e. The van der Waals surface area contributed by atoms with Crippen LogP contribution in [-0.2, 0) is 41.9 Å². The number of ether oxygens (including phenoxy) is 3. The van der Waals surface area contributed by atoms with E-state index in [0.717, 1.165) is 25.9 Å². The summed E-state index contributed by atoms with van der Waals surface area (Å²) >= 11 is 0. The molecule has 13 heteroatoms. The number of carbonyl (C=O) groups is 3. The van der Waals surface area contributed by atoms with Crippen molar-refractivity contribution < 1.29 is 46.7 Å². The Hall–Kier alpha value is -1.72. The number of amides is 1. The number of carbonyl (C=O) groups excluding carboxylic acids is 3. The minimum Gasteiger partial charge on any atom is -0.469 e. The summed E-state index contributed by atoms with van der Waals surface area (Å²) in [6.45, 7) is 4.50. The first-order valence-corrected chi connectivity index (χ1v) is 11.5. The number of phosphoric ester groups is 1. The molecule has 178 valence electrons. The minimum atomic E-state index is -4.16. The first-order chi connectivity index (χ1) is 14.6. The Labute approximate surface area is 181 Å². The van der Waals surface area contributed by atoms with E-state index in [1.54, 1.807) is 13.8 Å². The van der Waals surface area contributed by atoms with E-state index in [4.69, 9.17) is 23.0 Å². The molecule has 0 aromatic heterocycles. The van der Waals surface area contributed by atoms with Crippen LogP contribution in [0.25, 0.3) is 0 Å². The Morgan fingerprint density at radius 3 is 2.71 bits per heavy atom. The zero-order chi connectivity index (χ0) is 22.9. The summed E-state index contributed by atoms with van der Waals surface area (Å²) in [5.41, 5.74) is -0.819. The average molecular weight is 466 g/mol. The van der Waals surface area contributed by atoms with Crippen LogP contribution < -0.4 is 10.6 Å². The van der Waals surface area contributed by atoms with Crippen LogP contribution in [-0.4, -0.2) is 70.9 Å². The highest BCUT2D eigenvalue weighted by Crippen LogP contribution is 2.57.